The SMILES string of the molecule is CC(=O)OCC(=O)c1ccccc1-c1ccc(CCBr)cc1. The summed E-state index contributed by atoms with van der Waals surface area (Å²) in [6.07, 6.45) is 0.966. The van der Waals surface area contributed by atoms with Crippen molar-refractivity contribution in [2.75, 3.05) is 11.9 Å². The van der Waals surface area contributed by atoms with Gasteiger partial charge in [-0.1, -0.05) is 64.5 Å². The zero-order chi connectivity index (χ0) is 15.9. The maximum atomic E-state index is 12.2. The van der Waals surface area contributed by atoms with Crippen LogP contribution in [0.2, 0.25) is 0 Å². The predicted molar refractivity (Wildman–Crippen MR) is 90.3 cm³/mol. The molecule has 0 aliphatic rings. The van der Waals surface area contributed by atoms with E-state index in [0.717, 1.165) is 22.9 Å². The summed E-state index contributed by atoms with van der Waals surface area (Å²) in [6, 6.07) is 15.5. The zero-order valence-corrected chi connectivity index (χ0v) is 13.9. The van der Waals surface area contributed by atoms with Gasteiger partial charge < -0.3 is 4.74 Å². The van der Waals surface area contributed by atoms with Gasteiger partial charge in [0, 0.05) is 17.8 Å². The number of carbonyl (C=O) groups excluding carboxylic acids is 2. The van der Waals surface area contributed by atoms with Crippen molar-refractivity contribution in [2.45, 2.75) is 13.3 Å². The highest BCUT2D eigenvalue weighted by Crippen LogP contribution is 2.24. The monoisotopic (exact) mass is 360 g/mol. The van der Waals surface area contributed by atoms with Crippen LogP contribution in [-0.4, -0.2) is 23.7 Å². The van der Waals surface area contributed by atoms with E-state index in [1.165, 1.54) is 12.5 Å². The molecule has 0 amide bonds. The van der Waals surface area contributed by atoms with Crippen LogP contribution in [0.1, 0.15) is 22.8 Å². The third-order valence-electron chi connectivity index (χ3n) is 3.28. The van der Waals surface area contributed by atoms with Crippen molar-refractivity contribution >= 4 is 27.7 Å². The van der Waals surface area contributed by atoms with Crippen LogP contribution in [0, 0.1) is 0 Å². The Kier molecular flexibility index (Phi) is 5.90. The first kappa shape index (κ1) is 16.4. The lowest BCUT2D eigenvalue weighted by Crippen LogP contribution is -2.12. The van der Waals surface area contributed by atoms with Gasteiger partial charge in [-0.3, -0.25) is 9.59 Å². The molecule has 0 spiro atoms. The van der Waals surface area contributed by atoms with Gasteiger partial charge >= 0.3 is 5.97 Å². The molecule has 2 aromatic carbocycles. The van der Waals surface area contributed by atoms with E-state index in [9.17, 15) is 9.59 Å². The van der Waals surface area contributed by atoms with Gasteiger partial charge in [-0.15, -0.1) is 0 Å². The van der Waals surface area contributed by atoms with E-state index in [1.54, 1.807) is 6.07 Å². The summed E-state index contributed by atoms with van der Waals surface area (Å²) in [4.78, 5) is 23.1. The van der Waals surface area contributed by atoms with Crippen LogP contribution < -0.4 is 0 Å². The number of Topliss-reactive ketones (excluding diaryl/α,β-unsaturated/α-hetero) is 1. The fourth-order valence-electron chi connectivity index (χ4n) is 2.18. The molecule has 0 heterocycles. The maximum absolute atomic E-state index is 12.2. The van der Waals surface area contributed by atoms with Crippen molar-refractivity contribution in [3.05, 3.63) is 59.7 Å². The Morgan fingerprint density at radius 2 is 1.73 bits per heavy atom. The molecule has 2 rings (SSSR count). The standard InChI is InChI=1S/C18H17BrO3/c1-13(20)22-12-18(21)17-5-3-2-4-16(17)15-8-6-14(7-9-15)10-11-19/h2-9H,10-12H2,1H3. The normalized spacial score (nSPS) is 10.3. The van der Waals surface area contributed by atoms with Crippen LogP contribution in [0.5, 0.6) is 0 Å². The minimum Gasteiger partial charge on any atom is -0.457 e. The summed E-state index contributed by atoms with van der Waals surface area (Å²) in [5.74, 6) is -0.653. The van der Waals surface area contributed by atoms with Crippen molar-refractivity contribution in [1.29, 1.82) is 0 Å². The fraction of sp³-hybridized carbons (Fsp3) is 0.222. The molecule has 0 aliphatic heterocycles. The second kappa shape index (κ2) is 7.90. The fourth-order valence-corrected chi connectivity index (χ4v) is 2.64. The van der Waals surface area contributed by atoms with Crippen molar-refractivity contribution in [2.24, 2.45) is 0 Å². The highest BCUT2D eigenvalue weighted by Gasteiger charge is 2.13. The Bertz CT molecular complexity index is 662. The molecular weight excluding hydrogens is 344 g/mol. The quantitative estimate of drug-likeness (QED) is 0.443. The predicted octanol–water partition coefficient (Wildman–Crippen LogP) is 4.04. The minimum atomic E-state index is -0.454. The maximum Gasteiger partial charge on any atom is 0.303 e. The number of ether oxygens (including phenoxy) is 1. The third kappa shape index (κ3) is 4.28. The van der Waals surface area contributed by atoms with Crippen LogP contribution in [-0.2, 0) is 16.0 Å². The van der Waals surface area contributed by atoms with Gasteiger partial charge in [-0.2, -0.15) is 0 Å². The highest BCUT2D eigenvalue weighted by atomic mass is 79.9. The van der Waals surface area contributed by atoms with Crippen LogP contribution >= 0.6 is 15.9 Å². The molecule has 22 heavy (non-hydrogen) atoms. The average Bonchev–Trinajstić information content (AvgIpc) is 2.53. The van der Waals surface area contributed by atoms with Gasteiger partial charge in [0.15, 0.2) is 6.61 Å². The molecule has 0 aliphatic carbocycles. The van der Waals surface area contributed by atoms with E-state index < -0.39 is 5.97 Å². The Hall–Kier alpha value is -1.94. The minimum absolute atomic E-state index is 0.199. The summed E-state index contributed by atoms with van der Waals surface area (Å²) >= 11 is 3.42. The summed E-state index contributed by atoms with van der Waals surface area (Å²) in [5.41, 5.74) is 3.64. The molecule has 3 nitrogen and oxygen atoms in total. The molecule has 0 atom stereocenters. The molecular formula is C18H17BrO3. The molecule has 0 aromatic heterocycles. The molecule has 114 valence electrons. The van der Waals surface area contributed by atoms with Crippen LogP contribution in [0.4, 0.5) is 0 Å². The van der Waals surface area contributed by atoms with E-state index in [0.29, 0.717) is 5.56 Å². The molecule has 0 radical (unpaired) electrons. The number of benzene rings is 2. The van der Waals surface area contributed by atoms with Gasteiger partial charge in [-0.25, -0.2) is 0 Å². The van der Waals surface area contributed by atoms with Crippen LogP contribution in [0.25, 0.3) is 11.1 Å². The van der Waals surface area contributed by atoms with Gasteiger partial charge in [0.1, 0.15) is 0 Å². The number of rotatable bonds is 6. The van der Waals surface area contributed by atoms with E-state index in [1.807, 2.05) is 30.3 Å². The molecule has 4 heteroatoms. The number of hydrogen-bond donors (Lipinski definition) is 0. The number of ketones is 1. The summed E-state index contributed by atoms with van der Waals surface area (Å²) in [7, 11) is 0. The summed E-state index contributed by atoms with van der Waals surface area (Å²) in [5, 5.41) is 0.920. The first-order valence-corrected chi connectivity index (χ1v) is 8.15. The molecule has 0 bridgehead atoms. The van der Waals surface area contributed by atoms with Gasteiger partial charge in [0.05, 0.1) is 0 Å². The number of aryl methyl sites for hydroxylation is 1. The molecule has 0 saturated carbocycles. The summed E-state index contributed by atoms with van der Waals surface area (Å²) in [6.45, 7) is 1.07. The van der Waals surface area contributed by atoms with Gasteiger partial charge in [0.2, 0.25) is 5.78 Å². The number of carbonyl (C=O) groups is 2. The highest BCUT2D eigenvalue weighted by molar-refractivity contribution is 9.09. The van der Waals surface area contributed by atoms with Crippen molar-refractivity contribution in [3.8, 4) is 11.1 Å². The largest absolute Gasteiger partial charge is 0.457 e. The lowest BCUT2D eigenvalue weighted by molar-refractivity contribution is -0.139. The molecule has 0 saturated heterocycles. The smallest absolute Gasteiger partial charge is 0.303 e. The summed E-state index contributed by atoms with van der Waals surface area (Å²) < 4.78 is 4.81. The molecule has 0 fully saturated rings. The van der Waals surface area contributed by atoms with Crippen LogP contribution in [0.15, 0.2) is 48.5 Å². The van der Waals surface area contributed by atoms with Crippen molar-refractivity contribution < 1.29 is 14.3 Å². The number of alkyl halides is 1. The van der Waals surface area contributed by atoms with Gasteiger partial charge in [-0.05, 0) is 23.1 Å². The van der Waals surface area contributed by atoms with Crippen LogP contribution in [0.3, 0.4) is 0 Å². The Morgan fingerprint density at radius 3 is 2.36 bits per heavy atom. The lowest BCUT2D eigenvalue weighted by Gasteiger charge is -2.09. The number of esters is 1. The second-order valence-corrected chi connectivity index (χ2v) is 5.68. The molecule has 2 aromatic rings. The van der Waals surface area contributed by atoms with E-state index in [4.69, 9.17) is 4.74 Å². The van der Waals surface area contributed by atoms with E-state index in [-0.39, 0.29) is 12.4 Å². The average molecular weight is 361 g/mol. The topological polar surface area (TPSA) is 43.4 Å². The molecule has 0 N–H and O–H groups in total. The van der Waals surface area contributed by atoms with Crippen molar-refractivity contribution in [1.82, 2.24) is 0 Å². The second-order valence-electron chi connectivity index (χ2n) is 4.88. The van der Waals surface area contributed by atoms with E-state index >= 15 is 0 Å². The van der Waals surface area contributed by atoms with E-state index in [2.05, 4.69) is 28.1 Å². The number of halogens is 1. The third-order valence-corrected chi connectivity index (χ3v) is 3.68. The number of hydrogen-bond acceptors (Lipinski definition) is 3. The lowest BCUT2D eigenvalue weighted by atomic mass is 9.96. The Labute approximate surface area is 138 Å². The Balaban J connectivity index is 2.27. The van der Waals surface area contributed by atoms with Gasteiger partial charge in [0.25, 0.3) is 0 Å². The first-order valence-electron chi connectivity index (χ1n) is 7.02. The first-order chi connectivity index (χ1) is 10.6. The Morgan fingerprint density at radius 1 is 1.05 bits per heavy atom. The molecule has 0 unspecified atom stereocenters. The van der Waals surface area contributed by atoms with Crippen molar-refractivity contribution in [3.63, 3.8) is 0 Å². The zero-order valence-electron chi connectivity index (χ0n) is 12.3.